The van der Waals surface area contributed by atoms with Crippen molar-refractivity contribution >= 4 is 17.3 Å². The number of ether oxygens (including phenoxy) is 2. The molecule has 1 aliphatic rings. The summed E-state index contributed by atoms with van der Waals surface area (Å²) in [7, 11) is 3.03. The molecule has 3 rings (SSSR count). The average Bonchev–Trinajstić information content (AvgIpc) is 2.65. The first kappa shape index (κ1) is 16.8. The van der Waals surface area contributed by atoms with Crippen LogP contribution in [0, 0.1) is 10.1 Å². The molecule has 2 aromatic carbocycles. The SMILES string of the molecule is COc1cc(OC)cc(C(=O)N2CCCc3ccc([N+](=O)[O-])cc32)c1. The highest BCUT2D eigenvalue weighted by Crippen LogP contribution is 2.33. The molecule has 0 aromatic heterocycles. The number of carbonyl (C=O) groups excluding carboxylic acids is 1. The molecule has 0 bridgehead atoms. The number of amides is 1. The summed E-state index contributed by atoms with van der Waals surface area (Å²) in [5, 5.41) is 11.1. The quantitative estimate of drug-likeness (QED) is 0.629. The molecule has 1 heterocycles. The zero-order valence-electron chi connectivity index (χ0n) is 14.0. The number of carbonyl (C=O) groups is 1. The second kappa shape index (κ2) is 6.80. The summed E-state index contributed by atoms with van der Waals surface area (Å²) in [6.45, 7) is 0.506. The third-order valence-corrected chi connectivity index (χ3v) is 4.24. The topological polar surface area (TPSA) is 81.9 Å². The van der Waals surface area contributed by atoms with Gasteiger partial charge in [0.05, 0.1) is 24.8 Å². The van der Waals surface area contributed by atoms with Crippen molar-refractivity contribution in [3.8, 4) is 11.5 Å². The normalized spacial score (nSPS) is 13.1. The Morgan fingerprint density at radius 3 is 2.40 bits per heavy atom. The standard InChI is InChI=1S/C18H18N2O5/c1-24-15-8-13(9-16(11-15)25-2)18(21)19-7-3-4-12-5-6-14(20(22)23)10-17(12)19/h5-6,8-11H,3-4,7H2,1-2H3. The van der Waals surface area contributed by atoms with Gasteiger partial charge >= 0.3 is 0 Å². The first-order valence-corrected chi connectivity index (χ1v) is 7.85. The van der Waals surface area contributed by atoms with Crippen molar-refractivity contribution in [2.24, 2.45) is 0 Å². The zero-order valence-corrected chi connectivity index (χ0v) is 14.0. The molecule has 0 saturated carbocycles. The lowest BCUT2D eigenvalue weighted by Gasteiger charge is -2.29. The Bertz CT molecular complexity index is 812. The lowest BCUT2D eigenvalue weighted by Crippen LogP contribution is -2.35. The summed E-state index contributed by atoms with van der Waals surface area (Å²) in [5.41, 5.74) is 1.91. The Labute approximate surface area is 144 Å². The molecule has 0 aliphatic carbocycles. The smallest absolute Gasteiger partial charge is 0.271 e. The van der Waals surface area contributed by atoms with E-state index in [1.165, 1.54) is 26.4 Å². The van der Waals surface area contributed by atoms with Gasteiger partial charge in [0, 0.05) is 30.3 Å². The molecule has 1 amide bonds. The summed E-state index contributed by atoms with van der Waals surface area (Å²) in [4.78, 5) is 25.2. The van der Waals surface area contributed by atoms with Crippen molar-refractivity contribution < 1.29 is 19.2 Å². The number of hydrogen-bond acceptors (Lipinski definition) is 5. The highest BCUT2D eigenvalue weighted by Gasteiger charge is 2.26. The maximum absolute atomic E-state index is 13.0. The Kier molecular flexibility index (Phi) is 4.56. The van der Waals surface area contributed by atoms with Gasteiger partial charge in [-0.15, -0.1) is 0 Å². The van der Waals surface area contributed by atoms with Gasteiger partial charge < -0.3 is 14.4 Å². The van der Waals surface area contributed by atoms with Crippen molar-refractivity contribution in [3.05, 3.63) is 57.6 Å². The van der Waals surface area contributed by atoms with Crippen LogP contribution in [-0.2, 0) is 6.42 Å². The van der Waals surface area contributed by atoms with Gasteiger partial charge in [-0.05, 0) is 30.5 Å². The van der Waals surface area contributed by atoms with Gasteiger partial charge in [-0.1, -0.05) is 6.07 Å². The molecule has 0 saturated heterocycles. The number of benzene rings is 2. The molecule has 0 unspecified atom stereocenters. The number of rotatable bonds is 4. The monoisotopic (exact) mass is 342 g/mol. The lowest BCUT2D eigenvalue weighted by molar-refractivity contribution is -0.384. The molecular formula is C18H18N2O5. The Morgan fingerprint density at radius 2 is 1.80 bits per heavy atom. The van der Waals surface area contributed by atoms with Crippen LogP contribution in [0.15, 0.2) is 36.4 Å². The predicted molar refractivity (Wildman–Crippen MR) is 92.6 cm³/mol. The summed E-state index contributed by atoms with van der Waals surface area (Å²) in [5.74, 6) is 0.789. The number of anilines is 1. The zero-order chi connectivity index (χ0) is 18.0. The maximum atomic E-state index is 13.0. The van der Waals surface area contributed by atoms with Crippen LogP contribution in [0.2, 0.25) is 0 Å². The van der Waals surface area contributed by atoms with Crippen LogP contribution >= 0.6 is 0 Å². The minimum atomic E-state index is -0.452. The minimum absolute atomic E-state index is 0.0262. The van der Waals surface area contributed by atoms with Crippen LogP contribution in [0.3, 0.4) is 0 Å². The van der Waals surface area contributed by atoms with Gasteiger partial charge in [0.2, 0.25) is 0 Å². The number of hydrogen-bond donors (Lipinski definition) is 0. The minimum Gasteiger partial charge on any atom is -0.497 e. The summed E-state index contributed by atoms with van der Waals surface area (Å²) >= 11 is 0. The van der Waals surface area contributed by atoms with Crippen LogP contribution in [0.4, 0.5) is 11.4 Å². The van der Waals surface area contributed by atoms with E-state index in [9.17, 15) is 14.9 Å². The number of non-ortho nitro benzene ring substituents is 1. The first-order chi connectivity index (χ1) is 12.0. The third kappa shape index (κ3) is 3.26. The molecule has 0 fully saturated rings. The highest BCUT2D eigenvalue weighted by atomic mass is 16.6. The van der Waals surface area contributed by atoms with Crippen molar-refractivity contribution in [3.63, 3.8) is 0 Å². The summed E-state index contributed by atoms with van der Waals surface area (Å²) in [6, 6.07) is 9.61. The van der Waals surface area contributed by atoms with Crippen LogP contribution in [0.5, 0.6) is 11.5 Å². The second-order valence-corrected chi connectivity index (χ2v) is 5.73. The number of nitro benzene ring substituents is 1. The average molecular weight is 342 g/mol. The van der Waals surface area contributed by atoms with Gasteiger partial charge in [0.25, 0.3) is 11.6 Å². The fraction of sp³-hybridized carbons (Fsp3) is 0.278. The van der Waals surface area contributed by atoms with E-state index in [0.717, 1.165) is 18.4 Å². The van der Waals surface area contributed by atoms with Gasteiger partial charge in [0.15, 0.2) is 0 Å². The van der Waals surface area contributed by atoms with Gasteiger partial charge in [-0.3, -0.25) is 14.9 Å². The van der Waals surface area contributed by atoms with Crippen molar-refractivity contribution in [2.75, 3.05) is 25.7 Å². The number of aryl methyl sites for hydroxylation is 1. The Hall–Kier alpha value is -3.09. The Morgan fingerprint density at radius 1 is 1.12 bits per heavy atom. The van der Waals surface area contributed by atoms with Gasteiger partial charge in [0.1, 0.15) is 11.5 Å². The predicted octanol–water partition coefficient (Wildman–Crippen LogP) is 3.21. The van der Waals surface area contributed by atoms with Gasteiger partial charge in [-0.2, -0.15) is 0 Å². The molecule has 2 aromatic rings. The molecule has 130 valence electrons. The summed E-state index contributed by atoms with van der Waals surface area (Å²) in [6.07, 6.45) is 1.59. The van der Waals surface area contributed by atoms with E-state index >= 15 is 0 Å². The number of nitrogens with zero attached hydrogens (tertiary/aromatic N) is 2. The molecule has 0 spiro atoms. The molecule has 0 N–H and O–H groups in total. The molecule has 0 radical (unpaired) electrons. The Balaban J connectivity index is 2.02. The maximum Gasteiger partial charge on any atom is 0.271 e. The second-order valence-electron chi connectivity index (χ2n) is 5.73. The van der Waals surface area contributed by atoms with Crippen LogP contribution in [-0.4, -0.2) is 31.6 Å². The third-order valence-electron chi connectivity index (χ3n) is 4.24. The first-order valence-electron chi connectivity index (χ1n) is 7.85. The summed E-state index contributed by atoms with van der Waals surface area (Å²) < 4.78 is 10.4. The van der Waals surface area contributed by atoms with E-state index < -0.39 is 4.92 Å². The van der Waals surface area contributed by atoms with Crippen molar-refractivity contribution in [2.45, 2.75) is 12.8 Å². The highest BCUT2D eigenvalue weighted by molar-refractivity contribution is 6.07. The van der Waals surface area contributed by atoms with Crippen molar-refractivity contribution in [1.82, 2.24) is 0 Å². The largest absolute Gasteiger partial charge is 0.497 e. The van der Waals surface area contributed by atoms with Gasteiger partial charge in [-0.25, -0.2) is 0 Å². The van der Waals surface area contributed by atoms with E-state index in [2.05, 4.69) is 0 Å². The molecule has 1 aliphatic heterocycles. The number of methoxy groups -OCH3 is 2. The van der Waals surface area contributed by atoms with E-state index in [1.54, 1.807) is 29.2 Å². The lowest BCUT2D eigenvalue weighted by atomic mass is 10.00. The van der Waals surface area contributed by atoms with E-state index in [1.807, 2.05) is 0 Å². The fourth-order valence-corrected chi connectivity index (χ4v) is 2.97. The van der Waals surface area contributed by atoms with E-state index in [0.29, 0.717) is 29.3 Å². The van der Waals surface area contributed by atoms with E-state index in [4.69, 9.17) is 9.47 Å². The number of fused-ring (bicyclic) bond motifs is 1. The fourth-order valence-electron chi connectivity index (χ4n) is 2.97. The molecule has 0 atom stereocenters. The van der Waals surface area contributed by atoms with Crippen molar-refractivity contribution in [1.29, 1.82) is 0 Å². The molecule has 25 heavy (non-hydrogen) atoms. The van der Waals surface area contributed by atoms with Crippen LogP contribution < -0.4 is 14.4 Å². The van der Waals surface area contributed by atoms with Crippen LogP contribution in [0.1, 0.15) is 22.3 Å². The van der Waals surface area contributed by atoms with Crippen LogP contribution in [0.25, 0.3) is 0 Å². The molecule has 7 heteroatoms. The molecule has 7 nitrogen and oxygen atoms in total. The molecular weight excluding hydrogens is 324 g/mol. The van der Waals surface area contributed by atoms with E-state index in [-0.39, 0.29) is 11.6 Å². The number of nitro groups is 1.